The number of amides is 1. The van der Waals surface area contributed by atoms with E-state index in [2.05, 4.69) is 22.3 Å². The first-order valence-corrected chi connectivity index (χ1v) is 10.8. The van der Waals surface area contributed by atoms with Crippen molar-refractivity contribution in [3.8, 4) is 0 Å². The lowest BCUT2D eigenvalue weighted by Gasteiger charge is -2.28. The highest BCUT2D eigenvalue weighted by Crippen LogP contribution is 2.32. The van der Waals surface area contributed by atoms with Crippen LogP contribution in [0.15, 0.2) is 42.5 Å². The number of nitrogens with zero attached hydrogens (tertiary/aromatic N) is 2. The summed E-state index contributed by atoms with van der Waals surface area (Å²) in [5, 5.41) is 4.56. The van der Waals surface area contributed by atoms with Crippen LogP contribution in [0.4, 0.5) is 11.4 Å². The molecule has 0 unspecified atom stereocenters. The van der Waals surface area contributed by atoms with Crippen LogP contribution in [0.5, 0.6) is 0 Å². The number of carbonyl (C=O) groups is 1. The molecule has 148 valence electrons. The highest BCUT2D eigenvalue weighted by molar-refractivity contribution is 6.31. The zero-order valence-corrected chi connectivity index (χ0v) is 17.1. The van der Waals surface area contributed by atoms with Gasteiger partial charge in [-0.05, 0) is 86.6 Å². The highest BCUT2D eigenvalue weighted by atomic mass is 35.5. The van der Waals surface area contributed by atoms with Crippen molar-refractivity contribution in [2.45, 2.75) is 38.5 Å². The maximum Gasteiger partial charge on any atom is 0.256 e. The lowest BCUT2D eigenvalue weighted by molar-refractivity contribution is 0.102. The molecule has 0 atom stereocenters. The summed E-state index contributed by atoms with van der Waals surface area (Å²) in [6, 6.07) is 13.8. The molecule has 3 aromatic rings. The number of nitrogens with one attached hydrogen (secondary N) is 1. The van der Waals surface area contributed by atoms with E-state index < -0.39 is 0 Å². The SMILES string of the molecule is O=C(Nc1ccc(N2CCCCC2)cc1)c1c2c(nc3ccc(Cl)cc13)CCC2. The first-order valence-electron chi connectivity index (χ1n) is 10.5. The standard InChI is InChI=1S/C24H24ClN3O/c25-16-7-12-22-20(15-16)23(19-5-4-6-21(19)27-22)24(29)26-17-8-10-18(11-9-17)28-13-2-1-3-14-28/h7-12,15H,1-6,13-14H2,(H,26,29). The summed E-state index contributed by atoms with van der Waals surface area (Å²) in [5.41, 5.74) is 5.72. The predicted octanol–water partition coefficient (Wildman–Crippen LogP) is 5.62. The number of halogens is 1. The third-order valence-corrected chi connectivity index (χ3v) is 6.28. The Bertz CT molecular complexity index is 1070. The Morgan fingerprint density at radius 1 is 0.966 bits per heavy atom. The number of anilines is 2. The number of aryl methyl sites for hydroxylation is 1. The summed E-state index contributed by atoms with van der Waals surface area (Å²) in [6.07, 6.45) is 6.68. The Kier molecular flexibility index (Phi) is 4.88. The number of pyridine rings is 1. The van der Waals surface area contributed by atoms with Crippen LogP contribution >= 0.6 is 11.6 Å². The van der Waals surface area contributed by atoms with Gasteiger partial charge in [0.15, 0.2) is 0 Å². The minimum absolute atomic E-state index is 0.0801. The van der Waals surface area contributed by atoms with Crippen LogP contribution in [0.25, 0.3) is 10.9 Å². The summed E-state index contributed by atoms with van der Waals surface area (Å²) >= 11 is 6.23. The molecule has 0 bridgehead atoms. The van der Waals surface area contributed by atoms with Gasteiger partial charge in [0.1, 0.15) is 0 Å². The second-order valence-electron chi connectivity index (χ2n) is 7.98. The normalized spacial score (nSPS) is 16.1. The van der Waals surface area contributed by atoms with Crippen LogP contribution < -0.4 is 10.2 Å². The van der Waals surface area contributed by atoms with Crippen LogP contribution in [-0.4, -0.2) is 24.0 Å². The number of rotatable bonds is 3. The number of benzene rings is 2. The average molecular weight is 406 g/mol. The van der Waals surface area contributed by atoms with Gasteiger partial charge in [-0.3, -0.25) is 9.78 Å². The molecule has 1 aliphatic heterocycles. The molecule has 1 saturated heterocycles. The number of hydrogen-bond acceptors (Lipinski definition) is 3. The van der Waals surface area contributed by atoms with E-state index in [1.807, 2.05) is 30.3 Å². The van der Waals surface area contributed by atoms with Gasteiger partial charge in [0, 0.05) is 40.6 Å². The van der Waals surface area contributed by atoms with Gasteiger partial charge in [0.05, 0.1) is 11.1 Å². The van der Waals surface area contributed by atoms with Gasteiger partial charge in [-0.25, -0.2) is 0 Å². The first-order chi connectivity index (χ1) is 14.2. The number of piperidine rings is 1. The molecule has 0 radical (unpaired) electrons. The van der Waals surface area contributed by atoms with E-state index in [0.717, 1.165) is 65.8 Å². The Hall–Kier alpha value is -2.59. The van der Waals surface area contributed by atoms with Crippen molar-refractivity contribution in [2.24, 2.45) is 0 Å². The van der Waals surface area contributed by atoms with E-state index in [4.69, 9.17) is 16.6 Å². The van der Waals surface area contributed by atoms with Gasteiger partial charge in [0.25, 0.3) is 5.91 Å². The second-order valence-corrected chi connectivity index (χ2v) is 8.41. The monoisotopic (exact) mass is 405 g/mol. The molecule has 1 amide bonds. The van der Waals surface area contributed by atoms with Crippen molar-refractivity contribution in [3.63, 3.8) is 0 Å². The van der Waals surface area contributed by atoms with E-state index in [1.165, 1.54) is 24.9 Å². The fourth-order valence-corrected chi connectivity index (χ4v) is 4.77. The first kappa shape index (κ1) is 18.4. The van der Waals surface area contributed by atoms with Crippen LogP contribution in [0.1, 0.15) is 47.3 Å². The van der Waals surface area contributed by atoms with Crippen LogP contribution in [0.2, 0.25) is 5.02 Å². The minimum atomic E-state index is -0.0801. The molecule has 0 saturated carbocycles. The lowest BCUT2D eigenvalue weighted by Crippen LogP contribution is -2.29. The Balaban J connectivity index is 1.45. The van der Waals surface area contributed by atoms with E-state index in [9.17, 15) is 4.79 Å². The van der Waals surface area contributed by atoms with Gasteiger partial charge in [-0.2, -0.15) is 0 Å². The fourth-order valence-electron chi connectivity index (χ4n) is 4.60. The zero-order valence-electron chi connectivity index (χ0n) is 16.4. The van der Waals surface area contributed by atoms with E-state index in [-0.39, 0.29) is 5.91 Å². The molecule has 5 heteroatoms. The Labute approximate surface area is 175 Å². The molecule has 29 heavy (non-hydrogen) atoms. The van der Waals surface area contributed by atoms with Crippen LogP contribution in [0, 0.1) is 0 Å². The third-order valence-electron chi connectivity index (χ3n) is 6.05. The summed E-state index contributed by atoms with van der Waals surface area (Å²) < 4.78 is 0. The molecule has 2 heterocycles. The maximum atomic E-state index is 13.3. The number of hydrogen-bond donors (Lipinski definition) is 1. The topological polar surface area (TPSA) is 45.2 Å². The molecule has 1 fully saturated rings. The fraction of sp³-hybridized carbons (Fsp3) is 0.333. The smallest absolute Gasteiger partial charge is 0.256 e. The summed E-state index contributed by atoms with van der Waals surface area (Å²) in [7, 11) is 0. The number of aromatic nitrogens is 1. The molecule has 0 spiro atoms. The molecule has 1 aromatic heterocycles. The molecule has 4 nitrogen and oxygen atoms in total. The Morgan fingerprint density at radius 2 is 1.76 bits per heavy atom. The van der Waals surface area contributed by atoms with E-state index in [1.54, 1.807) is 0 Å². The summed E-state index contributed by atoms with van der Waals surface area (Å²) in [6.45, 7) is 2.23. The van der Waals surface area contributed by atoms with Crippen molar-refractivity contribution in [1.82, 2.24) is 4.98 Å². The van der Waals surface area contributed by atoms with Gasteiger partial charge in [-0.1, -0.05) is 11.6 Å². The molecule has 1 aliphatic carbocycles. The van der Waals surface area contributed by atoms with Gasteiger partial charge < -0.3 is 10.2 Å². The average Bonchev–Trinajstić information content (AvgIpc) is 3.21. The zero-order chi connectivity index (χ0) is 19.8. The van der Waals surface area contributed by atoms with Crippen LogP contribution in [0.3, 0.4) is 0 Å². The van der Waals surface area contributed by atoms with E-state index >= 15 is 0 Å². The third kappa shape index (κ3) is 3.58. The maximum absolute atomic E-state index is 13.3. The van der Waals surface area contributed by atoms with Crippen molar-refractivity contribution >= 4 is 39.8 Å². The van der Waals surface area contributed by atoms with Gasteiger partial charge >= 0.3 is 0 Å². The van der Waals surface area contributed by atoms with Crippen LogP contribution in [-0.2, 0) is 12.8 Å². The second kappa shape index (κ2) is 7.68. The van der Waals surface area contributed by atoms with Gasteiger partial charge in [0.2, 0.25) is 0 Å². The predicted molar refractivity (Wildman–Crippen MR) is 119 cm³/mol. The Morgan fingerprint density at radius 3 is 2.55 bits per heavy atom. The van der Waals surface area contributed by atoms with Gasteiger partial charge in [-0.15, -0.1) is 0 Å². The summed E-state index contributed by atoms with van der Waals surface area (Å²) in [5.74, 6) is -0.0801. The van der Waals surface area contributed by atoms with Crippen molar-refractivity contribution in [3.05, 3.63) is 64.3 Å². The largest absolute Gasteiger partial charge is 0.372 e. The highest BCUT2D eigenvalue weighted by Gasteiger charge is 2.24. The summed E-state index contributed by atoms with van der Waals surface area (Å²) in [4.78, 5) is 20.5. The molecule has 5 rings (SSSR count). The van der Waals surface area contributed by atoms with Crippen molar-refractivity contribution in [1.29, 1.82) is 0 Å². The quantitative estimate of drug-likeness (QED) is 0.615. The molecule has 2 aliphatic rings. The molecule has 2 aromatic carbocycles. The van der Waals surface area contributed by atoms with E-state index in [0.29, 0.717) is 5.02 Å². The van der Waals surface area contributed by atoms with Crippen molar-refractivity contribution in [2.75, 3.05) is 23.3 Å². The number of fused-ring (bicyclic) bond motifs is 2. The molecule has 1 N–H and O–H groups in total. The van der Waals surface area contributed by atoms with Crippen molar-refractivity contribution < 1.29 is 4.79 Å². The lowest BCUT2D eigenvalue weighted by atomic mass is 10.0. The molecular weight excluding hydrogens is 382 g/mol. The minimum Gasteiger partial charge on any atom is -0.372 e. The molecular formula is C24H24ClN3O. The number of carbonyl (C=O) groups excluding carboxylic acids is 1.